The molecule has 2 atom stereocenters. The van der Waals surface area contributed by atoms with Crippen molar-refractivity contribution in [3.8, 4) is 0 Å². The molecular weight excluding hydrogens is 436 g/mol. The molecule has 1 aromatic carbocycles. The summed E-state index contributed by atoms with van der Waals surface area (Å²) in [6, 6.07) is 9.13. The maximum Gasteiger partial charge on any atom is 0.262 e. The molecule has 0 bridgehead atoms. The first-order valence-electron chi connectivity index (χ1n) is 12.0. The maximum atomic E-state index is 13.3. The van der Waals surface area contributed by atoms with Crippen molar-refractivity contribution in [2.75, 3.05) is 32.7 Å². The number of hydrogen-bond donors (Lipinski definition) is 2. The topological polar surface area (TPSA) is 81.8 Å². The SMILES string of the molecule is CC(C)C[C@H](NC(=O)c1cc2ccccc2s1)C(=O)N1CCN(C(=O)[C@H]2CCCCN2)CC1. The molecule has 7 nitrogen and oxygen atoms in total. The van der Waals surface area contributed by atoms with Crippen molar-refractivity contribution in [3.63, 3.8) is 0 Å². The Bertz CT molecular complexity index is 957. The second kappa shape index (κ2) is 10.7. The summed E-state index contributed by atoms with van der Waals surface area (Å²) < 4.78 is 1.06. The van der Waals surface area contributed by atoms with Crippen LogP contribution in [0.1, 0.15) is 49.2 Å². The predicted molar refractivity (Wildman–Crippen MR) is 131 cm³/mol. The van der Waals surface area contributed by atoms with Crippen LogP contribution >= 0.6 is 11.3 Å². The number of amides is 3. The number of nitrogens with zero attached hydrogens (tertiary/aromatic N) is 2. The summed E-state index contributed by atoms with van der Waals surface area (Å²) in [5.41, 5.74) is 0. The number of nitrogens with one attached hydrogen (secondary N) is 2. The zero-order valence-corrected chi connectivity index (χ0v) is 20.3. The molecule has 2 fully saturated rings. The summed E-state index contributed by atoms with van der Waals surface area (Å²) in [6.07, 6.45) is 3.67. The van der Waals surface area contributed by atoms with Crippen LogP contribution < -0.4 is 10.6 Å². The average molecular weight is 471 g/mol. The van der Waals surface area contributed by atoms with Crippen LogP contribution in [0.3, 0.4) is 0 Å². The number of carbonyl (C=O) groups excluding carboxylic acids is 3. The third-order valence-corrected chi connectivity index (χ3v) is 7.59. The molecule has 2 N–H and O–H groups in total. The Morgan fingerprint density at radius 3 is 2.48 bits per heavy atom. The molecule has 2 saturated heterocycles. The van der Waals surface area contributed by atoms with Gasteiger partial charge in [-0.1, -0.05) is 38.5 Å². The largest absolute Gasteiger partial charge is 0.340 e. The van der Waals surface area contributed by atoms with E-state index in [-0.39, 0.29) is 29.7 Å². The van der Waals surface area contributed by atoms with Gasteiger partial charge in [-0.3, -0.25) is 14.4 Å². The van der Waals surface area contributed by atoms with Crippen molar-refractivity contribution in [3.05, 3.63) is 35.2 Å². The van der Waals surface area contributed by atoms with E-state index in [1.165, 1.54) is 11.3 Å². The second-order valence-electron chi connectivity index (χ2n) is 9.46. The first-order chi connectivity index (χ1) is 15.9. The minimum atomic E-state index is -0.565. The Kier molecular flexibility index (Phi) is 7.65. The zero-order chi connectivity index (χ0) is 23.4. The van der Waals surface area contributed by atoms with Crippen LogP contribution in [0.15, 0.2) is 30.3 Å². The van der Waals surface area contributed by atoms with Crippen molar-refractivity contribution in [2.45, 2.75) is 51.6 Å². The molecular formula is C25H34N4O3S. The summed E-state index contributed by atoms with van der Waals surface area (Å²) in [5.74, 6) is 0.161. The Balaban J connectivity index is 1.37. The van der Waals surface area contributed by atoms with Crippen LogP contribution in [-0.2, 0) is 9.59 Å². The normalized spacial score (nSPS) is 20.2. The van der Waals surface area contributed by atoms with Crippen LogP contribution in [0, 0.1) is 5.92 Å². The van der Waals surface area contributed by atoms with Gasteiger partial charge in [-0.25, -0.2) is 0 Å². The van der Waals surface area contributed by atoms with Crippen LogP contribution in [0.5, 0.6) is 0 Å². The van der Waals surface area contributed by atoms with Gasteiger partial charge in [0, 0.05) is 30.9 Å². The highest BCUT2D eigenvalue weighted by molar-refractivity contribution is 7.20. The fourth-order valence-electron chi connectivity index (χ4n) is 4.67. The highest BCUT2D eigenvalue weighted by Crippen LogP contribution is 2.25. The number of benzene rings is 1. The molecule has 33 heavy (non-hydrogen) atoms. The van der Waals surface area contributed by atoms with Gasteiger partial charge in [-0.15, -0.1) is 11.3 Å². The number of piperidine rings is 1. The maximum absolute atomic E-state index is 13.3. The monoisotopic (exact) mass is 470 g/mol. The van der Waals surface area contributed by atoms with Gasteiger partial charge in [0.2, 0.25) is 11.8 Å². The molecule has 2 aliphatic heterocycles. The molecule has 1 aromatic heterocycles. The third-order valence-electron chi connectivity index (χ3n) is 6.47. The number of fused-ring (bicyclic) bond motifs is 1. The van der Waals surface area contributed by atoms with E-state index in [9.17, 15) is 14.4 Å². The molecule has 2 aliphatic rings. The Labute approximate surface area is 199 Å². The van der Waals surface area contributed by atoms with Gasteiger partial charge in [0.1, 0.15) is 6.04 Å². The standard InChI is InChI=1S/C25H34N4O3S/c1-17(2)15-20(27-23(30)22-16-18-7-3-4-9-21(18)33-22)25(32)29-13-11-28(12-14-29)24(31)19-8-5-6-10-26-19/h3-4,7,9,16-17,19-20,26H,5-6,8,10-15H2,1-2H3,(H,27,30)/t19-,20+/m1/s1. The first kappa shape index (κ1) is 23.7. The van der Waals surface area contributed by atoms with E-state index in [4.69, 9.17) is 0 Å². The molecule has 3 amide bonds. The van der Waals surface area contributed by atoms with E-state index >= 15 is 0 Å². The third kappa shape index (κ3) is 5.73. The Morgan fingerprint density at radius 2 is 1.82 bits per heavy atom. The van der Waals surface area contributed by atoms with E-state index < -0.39 is 6.04 Å². The van der Waals surface area contributed by atoms with Gasteiger partial charge in [0.05, 0.1) is 10.9 Å². The lowest BCUT2D eigenvalue weighted by atomic mass is 10.0. The van der Waals surface area contributed by atoms with E-state index in [2.05, 4.69) is 24.5 Å². The van der Waals surface area contributed by atoms with Crippen molar-refractivity contribution < 1.29 is 14.4 Å². The number of thiophene rings is 1. The first-order valence-corrected chi connectivity index (χ1v) is 12.8. The molecule has 3 heterocycles. The van der Waals surface area contributed by atoms with Gasteiger partial charge in [0.15, 0.2) is 0 Å². The smallest absolute Gasteiger partial charge is 0.262 e. The number of rotatable bonds is 6. The molecule has 178 valence electrons. The van der Waals surface area contributed by atoms with Crippen molar-refractivity contribution in [1.82, 2.24) is 20.4 Å². The predicted octanol–water partition coefficient (Wildman–Crippen LogP) is 2.86. The summed E-state index contributed by atoms with van der Waals surface area (Å²) >= 11 is 1.44. The van der Waals surface area contributed by atoms with E-state index in [1.807, 2.05) is 35.2 Å². The number of piperazine rings is 1. The van der Waals surface area contributed by atoms with Gasteiger partial charge >= 0.3 is 0 Å². The summed E-state index contributed by atoms with van der Waals surface area (Å²) in [7, 11) is 0. The molecule has 0 spiro atoms. The van der Waals surface area contributed by atoms with Crippen LogP contribution in [0.2, 0.25) is 0 Å². The van der Waals surface area contributed by atoms with Crippen LogP contribution in [-0.4, -0.2) is 72.3 Å². The number of carbonyl (C=O) groups is 3. The highest BCUT2D eigenvalue weighted by atomic mass is 32.1. The molecule has 2 aromatic rings. The average Bonchev–Trinajstić information content (AvgIpc) is 3.28. The molecule has 0 unspecified atom stereocenters. The van der Waals surface area contributed by atoms with Crippen molar-refractivity contribution in [1.29, 1.82) is 0 Å². The fourth-order valence-corrected chi connectivity index (χ4v) is 5.63. The zero-order valence-electron chi connectivity index (χ0n) is 19.5. The van der Waals surface area contributed by atoms with E-state index in [0.29, 0.717) is 37.5 Å². The lowest BCUT2D eigenvalue weighted by Crippen LogP contribution is -2.58. The molecule has 0 saturated carbocycles. The van der Waals surface area contributed by atoms with E-state index in [1.54, 1.807) is 4.90 Å². The Hall–Kier alpha value is -2.45. The van der Waals surface area contributed by atoms with Crippen LogP contribution in [0.4, 0.5) is 0 Å². The molecule has 8 heteroatoms. The van der Waals surface area contributed by atoms with Crippen molar-refractivity contribution >= 4 is 39.1 Å². The molecule has 0 aliphatic carbocycles. The van der Waals surface area contributed by atoms with Gasteiger partial charge in [-0.05, 0) is 49.2 Å². The quantitative estimate of drug-likeness (QED) is 0.680. The van der Waals surface area contributed by atoms with Gasteiger partial charge in [0.25, 0.3) is 5.91 Å². The minimum Gasteiger partial charge on any atom is -0.340 e. The number of hydrogen-bond acceptors (Lipinski definition) is 5. The van der Waals surface area contributed by atoms with Gasteiger partial charge < -0.3 is 20.4 Å². The fraction of sp³-hybridized carbons (Fsp3) is 0.560. The minimum absolute atomic E-state index is 0.0546. The second-order valence-corrected chi connectivity index (χ2v) is 10.5. The van der Waals surface area contributed by atoms with Crippen LogP contribution in [0.25, 0.3) is 10.1 Å². The Morgan fingerprint density at radius 1 is 1.09 bits per heavy atom. The molecule has 4 rings (SSSR count). The summed E-state index contributed by atoms with van der Waals surface area (Å²) in [6.45, 7) is 7.10. The van der Waals surface area contributed by atoms with Crippen molar-refractivity contribution in [2.24, 2.45) is 5.92 Å². The lowest BCUT2D eigenvalue weighted by Gasteiger charge is -2.38. The van der Waals surface area contributed by atoms with Gasteiger partial charge in [-0.2, -0.15) is 0 Å². The highest BCUT2D eigenvalue weighted by Gasteiger charge is 2.33. The lowest BCUT2D eigenvalue weighted by molar-refractivity contribution is -0.142. The van der Waals surface area contributed by atoms with E-state index in [0.717, 1.165) is 35.9 Å². The summed E-state index contributed by atoms with van der Waals surface area (Å²) in [5, 5.41) is 7.35. The summed E-state index contributed by atoms with van der Waals surface area (Å²) in [4.78, 5) is 43.4. The molecule has 0 radical (unpaired) electrons.